The molecule has 3 heterocycles. The molecule has 0 bridgehead atoms. The van der Waals surface area contributed by atoms with Crippen molar-refractivity contribution in [2.45, 2.75) is 38.8 Å². The Morgan fingerprint density at radius 2 is 1.54 bits per heavy atom. The summed E-state index contributed by atoms with van der Waals surface area (Å²) in [6.45, 7) is 6.12. The van der Waals surface area contributed by atoms with Crippen LogP contribution in [0, 0.1) is 5.41 Å². The summed E-state index contributed by atoms with van der Waals surface area (Å²) in [6, 6.07) is 23.1. The van der Waals surface area contributed by atoms with E-state index in [-0.39, 0.29) is 36.2 Å². The number of Topliss-reactive ketones (excluding diaryl/α,β-unsaturated/α-hetero) is 1. The molecule has 3 aromatic carbocycles. The van der Waals surface area contributed by atoms with Crippen molar-refractivity contribution >= 4 is 34.7 Å². The fourth-order valence-electron chi connectivity index (χ4n) is 7.30. The van der Waals surface area contributed by atoms with E-state index < -0.39 is 12.1 Å². The normalized spacial score (nSPS) is 21.5. The van der Waals surface area contributed by atoms with Gasteiger partial charge in [0.2, 0.25) is 12.0 Å². The lowest BCUT2D eigenvalue weighted by molar-refractivity contribution is -0.145. The standard InChI is InChI=1S/C38H43N5O5/c1-38(2)21-28-35(30(44)22-38)36(25-13-15-26(16-14-25)40(3)4)43(29-10-6-5-9-27(29)39-28)23-34(45)41-17-19-42(20-18-41)37(46)33-24-47-31-11-7-8-12-32(31)48-33/h5-16,33,36,39H,17-24H2,1-4H3. The zero-order chi connectivity index (χ0) is 33.6. The molecule has 7 rings (SSSR count). The molecular formula is C38H43N5O5. The quantitative estimate of drug-likeness (QED) is 0.418. The lowest BCUT2D eigenvalue weighted by Crippen LogP contribution is -2.56. The van der Waals surface area contributed by atoms with Crippen LogP contribution in [0.1, 0.15) is 38.3 Å². The third-order valence-electron chi connectivity index (χ3n) is 9.76. The van der Waals surface area contributed by atoms with Crippen LogP contribution in [0.15, 0.2) is 84.1 Å². The molecule has 1 saturated heterocycles. The monoisotopic (exact) mass is 649 g/mol. The zero-order valence-corrected chi connectivity index (χ0v) is 28.1. The number of ketones is 1. The van der Waals surface area contributed by atoms with E-state index >= 15 is 0 Å². The number of nitrogens with zero attached hydrogens (tertiary/aromatic N) is 4. The Bertz CT molecular complexity index is 1760. The van der Waals surface area contributed by atoms with Gasteiger partial charge in [-0.05, 0) is 53.8 Å². The summed E-state index contributed by atoms with van der Waals surface area (Å²) in [5, 5.41) is 3.63. The highest BCUT2D eigenvalue weighted by atomic mass is 16.6. The van der Waals surface area contributed by atoms with Crippen LogP contribution in [-0.4, -0.2) is 86.9 Å². The second kappa shape index (κ2) is 12.6. The molecule has 3 aromatic rings. The Kier molecular flexibility index (Phi) is 8.27. The highest BCUT2D eigenvalue weighted by molar-refractivity contribution is 6.02. The van der Waals surface area contributed by atoms with E-state index in [1.165, 1.54) is 0 Å². The predicted molar refractivity (Wildman–Crippen MR) is 185 cm³/mol. The van der Waals surface area contributed by atoms with Crippen LogP contribution in [0.3, 0.4) is 0 Å². The molecule has 1 aliphatic carbocycles. The lowest BCUT2D eigenvalue weighted by atomic mass is 9.73. The molecule has 48 heavy (non-hydrogen) atoms. The number of rotatable bonds is 5. The number of ether oxygens (including phenoxy) is 2. The van der Waals surface area contributed by atoms with Crippen molar-refractivity contribution in [3.63, 3.8) is 0 Å². The minimum absolute atomic E-state index is 0.0503. The van der Waals surface area contributed by atoms with Crippen LogP contribution in [0.2, 0.25) is 0 Å². The fourth-order valence-corrected chi connectivity index (χ4v) is 7.30. The summed E-state index contributed by atoms with van der Waals surface area (Å²) in [5.74, 6) is 1.11. The van der Waals surface area contributed by atoms with E-state index in [4.69, 9.17) is 9.47 Å². The molecule has 0 radical (unpaired) electrons. The van der Waals surface area contributed by atoms with Crippen LogP contribution in [0.4, 0.5) is 17.1 Å². The maximum absolute atomic E-state index is 14.2. The first kappa shape index (κ1) is 31.6. The molecule has 0 spiro atoms. The van der Waals surface area contributed by atoms with Crippen LogP contribution >= 0.6 is 0 Å². The number of benzene rings is 3. The van der Waals surface area contributed by atoms with Crippen LogP contribution in [-0.2, 0) is 14.4 Å². The predicted octanol–water partition coefficient (Wildman–Crippen LogP) is 4.88. The maximum atomic E-state index is 14.2. The van der Waals surface area contributed by atoms with Gasteiger partial charge in [0.05, 0.1) is 24.0 Å². The first-order valence-electron chi connectivity index (χ1n) is 16.7. The second-order valence-corrected chi connectivity index (χ2v) is 14.1. The van der Waals surface area contributed by atoms with Gasteiger partial charge < -0.3 is 34.4 Å². The lowest BCUT2D eigenvalue weighted by Gasteiger charge is -2.40. The zero-order valence-electron chi connectivity index (χ0n) is 28.1. The van der Waals surface area contributed by atoms with Crippen molar-refractivity contribution in [1.29, 1.82) is 0 Å². The van der Waals surface area contributed by atoms with Gasteiger partial charge in [0, 0.05) is 63.7 Å². The Morgan fingerprint density at radius 3 is 2.27 bits per heavy atom. The Labute approximate surface area is 281 Å². The number of amides is 2. The van der Waals surface area contributed by atoms with Crippen molar-refractivity contribution in [2.24, 2.45) is 5.41 Å². The van der Waals surface area contributed by atoms with Crippen LogP contribution in [0.25, 0.3) is 0 Å². The van der Waals surface area contributed by atoms with Crippen molar-refractivity contribution in [2.75, 3.05) is 68.5 Å². The maximum Gasteiger partial charge on any atom is 0.267 e. The number of hydrogen-bond donors (Lipinski definition) is 1. The summed E-state index contributed by atoms with van der Waals surface area (Å²) in [6.07, 6.45) is 0.451. The molecule has 2 atom stereocenters. The highest BCUT2D eigenvalue weighted by Crippen LogP contribution is 2.48. The van der Waals surface area contributed by atoms with E-state index in [0.29, 0.717) is 44.1 Å². The molecular weight excluding hydrogens is 606 g/mol. The number of para-hydroxylation sites is 4. The van der Waals surface area contributed by atoms with Gasteiger partial charge in [-0.15, -0.1) is 0 Å². The number of fused-ring (bicyclic) bond motifs is 2. The molecule has 1 N–H and O–H groups in total. The summed E-state index contributed by atoms with van der Waals surface area (Å²) in [5.41, 5.74) is 5.22. The van der Waals surface area contributed by atoms with E-state index in [1.807, 2.05) is 66.4 Å². The number of anilines is 3. The van der Waals surface area contributed by atoms with Gasteiger partial charge in [-0.2, -0.15) is 0 Å². The smallest absolute Gasteiger partial charge is 0.267 e. The van der Waals surface area contributed by atoms with Gasteiger partial charge >= 0.3 is 0 Å². The van der Waals surface area contributed by atoms with Crippen LogP contribution < -0.4 is 24.6 Å². The molecule has 4 aliphatic rings. The highest BCUT2D eigenvalue weighted by Gasteiger charge is 2.42. The summed E-state index contributed by atoms with van der Waals surface area (Å²) < 4.78 is 11.7. The molecule has 250 valence electrons. The number of piperazine rings is 1. The van der Waals surface area contributed by atoms with E-state index in [9.17, 15) is 14.4 Å². The number of nitrogens with one attached hydrogen (secondary N) is 1. The second-order valence-electron chi connectivity index (χ2n) is 14.1. The third kappa shape index (κ3) is 6.07. The van der Waals surface area contributed by atoms with E-state index in [0.717, 1.165) is 40.3 Å². The largest absolute Gasteiger partial charge is 0.485 e. The molecule has 0 aromatic heterocycles. The molecule has 10 heteroatoms. The first-order valence-corrected chi connectivity index (χ1v) is 16.7. The van der Waals surface area contributed by atoms with Gasteiger partial charge in [0.25, 0.3) is 5.91 Å². The Morgan fingerprint density at radius 1 is 0.875 bits per heavy atom. The van der Waals surface area contributed by atoms with E-state index in [1.54, 1.807) is 11.0 Å². The van der Waals surface area contributed by atoms with Crippen LogP contribution in [0.5, 0.6) is 11.5 Å². The van der Waals surface area contributed by atoms with Crippen molar-refractivity contribution < 1.29 is 23.9 Å². The summed E-state index contributed by atoms with van der Waals surface area (Å²) in [4.78, 5) is 49.3. The van der Waals surface area contributed by atoms with E-state index in [2.05, 4.69) is 48.3 Å². The van der Waals surface area contributed by atoms with Crippen molar-refractivity contribution in [1.82, 2.24) is 9.80 Å². The summed E-state index contributed by atoms with van der Waals surface area (Å²) >= 11 is 0. The van der Waals surface area contributed by atoms with Crippen molar-refractivity contribution in [3.8, 4) is 11.5 Å². The number of hydrogen-bond acceptors (Lipinski definition) is 8. The topological polar surface area (TPSA) is 94.7 Å². The average Bonchev–Trinajstić information content (AvgIpc) is 3.21. The molecule has 2 amide bonds. The van der Waals surface area contributed by atoms with Gasteiger partial charge in [-0.1, -0.05) is 50.2 Å². The molecule has 0 saturated carbocycles. The fraction of sp³-hybridized carbons (Fsp3) is 0.395. The SMILES string of the molecule is CN(C)c1ccc(C2C3=C(CC(C)(C)CC3=O)Nc3ccccc3N2CC(=O)N2CCN(C(=O)C3COc4ccccc4O3)CC2)cc1. The number of carbonyl (C=O) groups excluding carboxylic acids is 3. The molecule has 10 nitrogen and oxygen atoms in total. The van der Waals surface area contributed by atoms with Gasteiger partial charge in [0.15, 0.2) is 17.3 Å². The average molecular weight is 650 g/mol. The minimum Gasteiger partial charge on any atom is -0.485 e. The van der Waals surface area contributed by atoms with Gasteiger partial charge in [-0.25, -0.2) is 0 Å². The van der Waals surface area contributed by atoms with Gasteiger partial charge in [-0.3, -0.25) is 14.4 Å². The Hall–Kier alpha value is -4.99. The molecule has 3 aliphatic heterocycles. The first-order chi connectivity index (χ1) is 23.1. The molecule has 2 unspecified atom stereocenters. The van der Waals surface area contributed by atoms with Crippen molar-refractivity contribution in [3.05, 3.63) is 89.6 Å². The van der Waals surface area contributed by atoms with Gasteiger partial charge in [0.1, 0.15) is 6.61 Å². The minimum atomic E-state index is -0.719. The third-order valence-corrected chi connectivity index (χ3v) is 9.76. The summed E-state index contributed by atoms with van der Waals surface area (Å²) in [7, 11) is 4.00. The number of allylic oxidation sites excluding steroid dienone is 1. The number of carbonyl (C=O) groups is 3. The molecule has 1 fully saturated rings. The Balaban J connectivity index is 1.14.